The maximum Gasteiger partial charge on any atom is 0.0462 e. The molecule has 1 aromatic rings. The number of nitrogens with two attached hydrogens (primary N) is 1. The molecule has 1 rings (SSSR count). The van der Waals surface area contributed by atoms with E-state index in [2.05, 4.69) is 35.0 Å². The van der Waals surface area contributed by atoms with Gasteiger partial charge in [0.2, 0.25) is 0 Å². The molecule has 0 aromatic heterocycles. The van der Waals surface area contributed by atoms with Gasteiger partial charge in [-0.05, 0) is 43.0 Å². The molecule has 15 heavy (non-hydrogen) atoms. The summed E-state index contributed by atoms with van der Waals surface area (Å²) < 4.78 is 6.12. The second-order valence-electron chi connectivity index (χ2n) is 3.74. The summed E-state index contributed by atoms with van der Waals surface area (Å²) in [5, 5.41) is 0. The molecule has 1 aromatic carbocycles. The summed E-state index contributed by atoms with van der Waals surface area (Å²) in [7, 11) is 1.72. The summed E-state index contributed by atoms with van der Waals surface area (Å²) in [6.45, 7) is 2.87. The van der Waals surface area contributed by atoms with Gasteiger partial charge in [0.25, 0.3) is 0 Å². The largest absolute Gasteiger partial charge is 0.385 e. The number of ether oxygens (including phenoxy) is 1. The second kappa shape index (κ2) is 6.26. The highest BCUT2D eigenvalue weighted by atomic mass is 79.9. The van der Waals surface area contributed by atoms with Crippen LogP contribution in [0.3, 0.4) is 0 Å². The Morgan fingerprint density at radius 1 is 1.47 bits per heavy atom. The zero-order chi connectivity index (χ0) is 11.3. The number of benzene rings is 1. The van der Waals surface area contributed by atoms with Crippen molar-refractivity contribution in [1.82, 2.24) is 0 Å². The van der Waals surface area contributed by atoms with Crippen LogP contribution in [0.5, 0.6) is 0 Å². The minimum atomic E-state index is 0.119. The number of halogens is 1. The third-order valence-corrected chi connectivity index (χ3v) is 2.99. The molecule has 0 saturated heterocycles. The lowest BCUT2D eigenvalue weighted by atomic mass is 9.98. The first-order chi connectivity index (χ1) is 7.15. The lowest BCUT2D eigenvalue weighted by Gasteiger charge is -2.14. The molecule has 0 amide bonds. The van der Waals surface area contributed by atoms with Crippen LogP contribution < -0.4 is 5.73 Å². The molecule has 2 N–H and O–H groups in total. The van der Waals surface area contributed by atoms with Gasteiger partial charge in [0.1, 0.15) is 0 Å². The summed E-state index contributed by atoms with van der Waals surface area (Å²) in [6, 6.07) is 6.36. The van der Waals surface area contributed by atoms with E-state index >= 15 is 0 Å². The van der Waals surface area contributed by atoms with E-state index < -0.39 is 0 Å². The quantitative estimate of drug-likeness (QED) is 0.835. The Kier molecular flexibility index (Phi) is 5.29. The Morgan fingerprint density at radius 3 is 2.80 bits per heavy atom. The van der Waals surface area contributed by atoms with Crippen LogP contribution in [0.25, 0.3) is 0 Å². The van der Waals surface area contributed by atoms with Crippen molar-refractivity contribution < 1.29 is 4.74 Å². The molecule has 84 valence electrons. The van der Waals surface area contributed by atoms with Crippen LogP contribution in [0, 0.1) is 6.92 Å². The zero-order valence-electron chi connectivity index (χ0n) is 9.29. The van der Waals surface area contributed by atoms with E-state index in [0.717, 1.165) is 23.9 Å². The molecular weight excluding hydrogens is 254 g/mol. The molecule has 1 unspecified atom stereocenters. The van der Waals surface area contributed by atoms with E-state index in [1.54, 1.807) is 7.11 Å². The monoisotopic (exact) mass is 271 g/mol. The van der Waals surface area contributed by atoms with Crippen LogP contribution in [-0.2, 0) is 4.74 Å². The highest BCUT2D eigenvalue weighted by Gasteiger charge is 2.08. The van der Waals surface area contributed by atoms with Gasteiger partial charge in [0, 0.05) is 24.2 Å². The van der Waals surface area contributed by atoms with Gasteiger partial charge in [-0.3, -0.25) is 0 Å². The van der Waals surface area contributed by atoms with Gasteiger partial charge < -0.3 is 10.5 Å². The Bertz CT molecular complexity index is 314. The van der Waals surface area contributed by atoms with E-state index in [-0.39, 0.29) is 6.04 Å². The number of hydrogen-bond acceptors (Lipinski definition) is 2. The number of aryl methyl sites for hydroxylation is 1. The lowest BCUT2D eigenvalue weighted by Crippen LogP contribution is -2.12. The molecule has 0 radical (unpaired) electrons. The van der Waals surface area contributed by atoms with Gasteiger partial charge in [0.15, 0.2) is 0 Å². The van der Waals surface area contributed by atoms with Gasteiger partial charge >= 0.3 is 0 Å². The van der Waals surface area contributed by atoms with Crippen molar-refractivity contribution in [2.75, 3.05) is 13.7 Å². The molecule has 3 heteroatoms. The molecule has 0 bridgehead atoms. The van der Waals surface area contributed by atoms with Crippen molar-refractivity contribution in [3.8, 4) is 0 Å². The third kappa shape index (κ3) is 3.93. The first-order valence-electron chi connectivity index (χ1n) is 5.15. The van der Waals surface area contributed by atoms with Crippen molar-refractivity contribution in [3.05, 3.63) is 33.8 Å². The average Bonchev–Trinajstić information content (AvgIpc) is 2.17. The number of hydrogen-bond donors (Lipinski definition) is 1. The van der Waals surface area contributed by atoms with Crippen LogP contribution in [0.4, 0.5) is 0 Å². The summed E-state index contributed by atoms with van der Waals surface area (Å²) in [6.07, 6.45) is 1.98. The summed E-state index contributed by atoms with van der Waals surface area (Å²) in [5.74, 6) is 0. The molecule has 0 aliphatic rings. The fraction of sp³-hybridized carbons (Fsp3) is 0.500. The normalized spacial score (nSPS) is 12.8. The minimum Gasteiger partial charge on any atom is -0.385 e. The Morgan fingerprint density at radius 2 is 2.20 bits per heavy atom. The Balaban J connectivity index is 2.61. The highest BCUT2D eigenvalue weighted by molar-refractivity contribution is 9.10. The highest BCUT2D eigenvalue weighted by Crippen LogP contribution is 2.22. The SMILES string of the molecule is COCCCC(N)c1ccc(Br)cc1C. The van der Waals surface area contributed by atoms with Crippen LogP contribution in [0.2, 0.25) is 0 Å². The fourth-order valence-corrected chi connectivity index (χ4v) is 2.13. The van der Waals surface area contributed by atoms with Crippen molar-refractivity contribution >= 4 is 15.9 Å². The average molecular weight is 272 g/mol. The van der Waals surface area contributed by atoms with Crippen LogP contribution in [0.1, 0.15) is 30.0 Å². The van der Waals surface area contributed by atoms with Gasteiger partial charge in [-0.2, -0.15) is 0 Å². The molecule has 0 heterocycles. The number of rotatable bonds is 5. The Hall–Kier alpha value is -0.380. The maximum absolute atomic E-state index is 6.12. The molecule has 0 saturated carbocycles. The van der Waals surface area contributed by atoms with E-state index in [1.165, 1.54) is 11.1 Å². The standard InChI is InChI=1S/C12H18BrNO/c1-9-8-10(13)5-6-11(9)12(14)4-3-7-15-2/h5-6,8,12H,3-4,7,14H2,1-2H3. The topological polar surface area (TPSA) is 35.2 Å². The van der Waals surface area contributed by atoms with E-state index in [9.17, 15) is 0 Å². The second-order valence-corrected chi connectivity index (χ2v) is 4.66. The van der Waals surface area contributed by atoms with E-state index in [1.807, 2.05) is 6.07 Å². The molecule has 0 fully saturated rings. The van der Waals surface area contributed by atoms with Gasteiger partial charge in [-0.1, -0.05) is 22.0 Å². The predicted molar refractivity (Wildman–Crippen MR) is 66.9 cm³/mol. The maximum atomic E-state index is 6.12. The predicted octanol–water partition coefficient (Wildman–Crippen LogP) is 3.18. The van der Waals surface area contributed by atoms with E-state index in [0.29, 0.717) is 0 Å². The van der Waals surface area contributed by atoms with Crippen LogP contribution in [-0.4, -0.2) is 13.7 Å². The van der Waals surface area contributed by atoms with Crippen LogP contribution >= 0.6 is 15.9 Å². The van der Waals surface area contributed by atoms with Gasteiger partial charge in [-0.25, -0.2) is 0 Å². The lowest BCUT2D eigenvalue weighted by molar-refractivity contribution is 0.190. The van der Waals surface area contributed by atoms with Crippen molar-refractivity contribution in [2.24, 2.45) is 5.73 Å². The van der Waals surface area contributed by atoms with Crippen molar-refractivity contribution in [3.63, 3.8) is 0 Å². The molecule has 1 atom stereocenters. The smallest absolute Gasteiger partial charge is 0.0462 e. The minimum absolute atomic E-state index is 0.119. The molecule has 0 spiro atoms. The zero-order valence-corrected chi connectivity index (χ0v) is 10.9. The molecule has 0 aliphatic carbocycles. The fourth-order valence-electron chi connectivity index (χ4n) is 1.66. The summed E-state index contributed by atoms with van der Waals surface area (Å²) in [4.78, 5) is 0. The molecular formula is C12H18BrNO. The Labute approximate surface area is 99.9 Å². The molecule has 0 aliphatic heterocycles. The summed E-state index contributed by atoms with van der Waals surface area (Å²) >= 11 is 3.45. The first kappa shape index (κ1) is 12.7. The first-order valence-corrected chi connectivity index (χ1v) is 5.95. The number of methoxy groups -OCH3 is 1. The summed E-state index contributed by atoms with van der Waals surface area (Å²) in [5.41, 5.74) is 8.59. The van der Waals surface area contributed by atoms with Crippen molar-refractivity contribution in [1.29, 1.82) is 0 Å². The van der Waals surface area contributed by atoms with Gasteiger partial charge in [0.05, 0.1) is 0 Å². The van der Waals surface area contributed by atoms with Gasteiger partial charge in [-0.15, -0.1) is 0 Å². The van der Waals surface area contributed by atoms with Crippen molar-refractivity contribution in [2.45, 2.75) is 25.8 Å². The molecule has 2 nitrogen and oxygen atoms in total. The van der Waals surface area contributed by atoms with E-state index in [4.69, 9.17) is 10.5 Å². The third-order valence-electron chi connectivity index (χ3n) is 2.49. The van der Waals surface area contributed by atoms with Crippen LogP contribution in [0.15, 0.2) is 22.7 Å².